The van der Waals surface area contributed by atoms with Crippen molar-refractivity contribution in [1.82, 2.24) is 9.97 Å². The predicted molar refractivity (Wildman–Crippen MR) is 358 cm³/mol. The van der Waals surface area contributed by atoms with Crippen molar-refractivity contribution in [3.05, 3.63) is 305 Å². The molecule has 0 aliphatic rings. The summed E-state index contributed by atoms with van der Waals surface area (Å²) in [5, 5.41) is 29.5. The molecule has 88 heavy (non-hydrogen) atoms. The number of aromatic nitrogens is 2. The summed E-state index contributed by atoms with van der Waals surface area (Å²) in [6, 6.07) is 73.5. The van der Waals surface area contributed by atoms with Crippen molar-refractivity contribution >= 4 is 81.3 Å². The first-order chi connectivity index (χ1) is 43.0. The largest absolute Gasteiger partial charge is 0.496 e. The van der Waals surface area contributed by atoms with Crippen molar-refractivity contribution in [3.63, 3.8) is 0 Å². The van der Waals surface area contributed by atoms with Gasteiger partial charge in [-0.2, -0.15) is 5.26 Å². The number of hydrogen-bond donors (Lipinski definition) is 2. The summed E-state index contributed by atoms with van der Waals surface area (Å²) in [6.07, 6.45) is 8.39. The van der Waals surface area contributed by atoms with E-state index in [-0.39, 0.29) is 13.2 Å². The molecule has 0 aliphatic heterocycles. The second kappa shape index (κ2) is 34.2. The van der Waals surface area contributed by atoms with Crippen LogP contribution in [0, 0.1) is 18.3 Å². The monoisotopic (exact) mass is 1200 g/mol. The molecule has 0 saturated carbocycles. The number of nitriles is 1. The summed E-state index contributed by atoms with van der Waals surface area (Å²) < 4.78 is 11.9. The fraction of sp³-hybridized carbons (Fsp3) is 0.0533. The molecule has 3 heterocycles. The molecular formula is C75H61N3O8S2. The van der Waals surface area contributed by atoms with E-state index in [0.29, 0.717) is 39.5 Å². The Balaban J connectivity index is 0.000000151. The Kier molecular flexibility index (Phi) is 25.1. The van der Waals surface area contributed by atoms with Crippen molar-refractivity contribution in [3.8, 4) is 55.4 Å². The summed E-state index contributed by atoms with van der Waals surface area (Å²) in [5.41, 5.74) is 15.8. The van der Waals surface area contributed by atoms with Gasteiger partial charge in [0.15, 0.2) is 5.58 Å². The van der Waals surface area contributed by atoms with Crippen molar-refractivity contribution in [2.45, 2.75) is 20.1 Å². The zero-order valence-electron chi connectivity index (χ0n) is 48.3. The summed E-state index contributed by atoms with van der Waals surface area (Å²) in [4.78, 5) is 52.2. The molecule has 0 spiro atoms. The number of aldehydes is 4. The van der Waals surface area contributed by atoms with Gasteiger partial charge in [0.05, 0.1) is 42.2 Å². The Hall–Kier alpha value is -10.9. The van der Waals surface area contributed by atoms with E-state index >= 15 is 0 Å². The minimum absolute atomic E-state index is 0.0383. The number of fused-ring (bicyclic) bond motifs is 2. The highest BCUT2D eigenvalue weighted by Crippen LogP contribution is 2.31. The molecule has 0 fully saturated rings. The lowest BCUT2D eigenvalue weighted by molar-refractivity contribution is 0.111. The first-order valence-corrected chi connectivity index (χ1v) is 29.1. The van der Waals surface area contributed by atoms with Gasteiger partial charge in [-0.3, -0.25) is 19.2 Å². The quantitative estimate of drug-likeness (QED) is 0.0601. The molecular weight excluding hydrogens is 1130 g/mol. The average molecular weight is 1200 g/mol. The molecule has 0 radical (unpaired) electrons. The number of para-hydroxylation sites is 3. The van der Waals surface area contributed by atoms with Gasteiger partial charge in [-0.05, 0) is 112 Å². The van der Waals surface area contributed by atoms with Crippen LogP contribution < -0.4 is 4.74 Å². The average Bonchev–Trinajstić information content (AvgIpc) is 3.93. The SMILES string of the molecule is C=C/C(C#N)=C/c1ccc(CO)cc1.C=Cc1ccc(-c2ccccc2)cc1.COc1c(C)cc(C=O)cc1CO.O=Cc1ccc(-c2cccs2)cc1.O=Cc1ccc(-c2nc3ccccc3o2)cc1.O=Cc1ccc(-c2nc3ccccc3s2)cc1. The number of oxazole rings is 1. The molecule has 12 rings (SSSR count). The van der Waals surface area contributed by atoms with E-state index in [1.54, 1.807) is 60.1 Å². The van der Waals surface area contributed by atoms with E-state index in [0.717, 1.165) is 85.7 Å². The Morgan fingerprint density at radius 1 is 0.557 bits per heavy atom. The van der Waals surface area contributed by atoms with Gasteiger partial charge in [0.1, 0.15) is 41.4 Å². The molecule has 11 nitrogen and oxygen atoms in total. The van der Waals surface area contributed by atoms with E-state index in [9.17, 15) is 19.2 Å². The maximum Gasteiger partial charge on any atom is 0.227 e. The van der Waals surface area contributed by atoms with Gasteiger partial charge in [0.25, 0.3) is 0 Å². The number of allylic oxidation sites excluding steroid dienone is 2. The van der Waals surface area contributed by atoms with Crippen LogP contribution in [0.5, 0.6) is 5.75 Å². The first kappa shape index (κ1) is 64.7. The normalized spacial score (nSPS) is 10.2. The lowest BCUT2D eigenvalue weighted by Gasteiger charge is -2.09. The molecule has 2 N–H and O–H groups in total. The van der Waals surface area contributed by atoms with E-state index in [1.165, 1.54) is 32.3 Å². The first-order valence-electron chi connectivity index (χ1n) is 27.4. The van der Waals surface area contributed by atoms with Gasteiger partial charge in [-0.15, -0.1) is 22.7 Å². The van der Waals surface area contributed by atoms with E-state index in [4.69, 9.17) is 24.6 Å². The summed E-state index contributed by atoms with van der Waals surface area (Å²) in [7, 11) is 1.54. The zero-order valence-corrected chi connectivity index (χ0v) is 49.9. The molecule has 0 aliphatic carbocycles. The summed E-state index contributed by atoms with van der Waals surface area (Å²) in [6.45, 7) is 9.02. The topological polar surface area (TPSA) is 181 Å². The van der Waals surface area contributed by atoms with Crippen molar-refractivity contribution in [2.75, 3.05) is 7.11 Å². The fourth-order valence-corrected chi connectivity index (χ4v) is 10.1. The van der Waals surface area contributed by atoms with Crippen molar-refractivity contribution in [1.29, 1.82) is 5.26 Å². The van der Waals surface area contributed by atoms with Crippen LogP contribution in [0.15, 0.2) is 259 Å². The minimum atomic E-state index is -0.119. The number of benzene rings is 9. The summed E-state index contributed by atoms with van der Waals surface area (Å²) in [5.74, 6) is 1.22. The number of carbonyl (C=O) groups excluding carboxylic acids is 4. The van der Waals surface area contributed by atoms with Gasteiger partial charge < -0.3 is 19.4 Å². The van der Waals surface area contributed by atoms with Gasteiger partial charge in [0, 0.05) is 43.8 Å². The van der Waals surface area contributed by atoms with E-state index < -0.39 is 0 Å². The molecule has 3 aromatic heterocycles. The molecule has 12 aromatic rings. The van der Waals surface area contributed by atoms with Crippen LogP contribution >= 0.6 is 22.7 Å². The molecule has 0 amide bonds. The highest BCUT2D eigenvalue weighted by atomic mass is 32.1. The van der Waals surface area contributed by atoms with Gasteiger partial charge in [-0.1, -0.05) is 195 Å². The van der Waals surface area contributed by atoms with Crippen LogP contribution in [0.1, 0.15) is 69.2 Å². The number of nitrogens with zero attached hydrogens (tertiary/aromatic N) is 3. The van der Waals surface area contributed by atoms with Crippen LogP contribution in [0.4, 0.5) is 0 Å². The molecule has 9 aromatic carbocycles. The third-order valence-corrected chi connectivity index (χ3v) is 15.0. The Labute approximate surface area is 519 Å². The fourth-order valence-electron chi connectivity index (χ4n) is 8.40. The van der Waals surface area contributed by atoms with Crippen molar-refractivity contribution < 1.29 is 38.5 Å². The Morgan fingerprint density at radius 3 is 1.61 bits per heavy atom. The van der Waals surface area contributed by atoms with Crippen molar-refractivity contribution in [2.24, 2.45) is 0 Å². The molecule has 0 unspecified atom stereocenters. The molecule has 0 saturated heterocycles. The van der Waals surface area contributed by atoms with Crippen LogP contribution in [-0.2, 0) is 13.2 Å². The van der Waals surface area contributed by atoms with Crippen LogP contribution in [0.25, 0.3) is 77.1 Å². The van der Waals surface area contributed by atoms with E-state index in [1.807, 2.05) is 164 Å². The smallest absolute Gasteiger partial charge is 0.227 e. The van der Waals surface area contributed by atoms with Crippen LogP contribution in [0.3, 0.4) is 0 Å². The maximum atomic E-state index is 10.6. The lowest BCUT2D eigenvalue weighted by Crippen LogP contribution is -1.96. The second-order valence-corrected chi connectivity index (χ2v) is 21.0. The number of methoxy groups -OCH3 is 1. The number of rotatable bonds is 14. The predicted octanol–water partition coefficient (Wildman–Crippen LogP) is 17.9. The number of thiophene rings is 1. The molecule has 0 bridgehead atoms. The molecule has 436 valence electrons. The Morgan fingerprint density at radius 2 is 1.09 bits per heavy atom. The summed E-state index contributed by atoms with van der Waals surface area (Å²) >= 11 is 3.37. The third kappa shape index (κ3) is 18.8. The van der Waals surface area contributed by atoms with Gasteiger partial charge >= 0.3 is 0 Å². The van der Waals surface area contributed by atoms with Crippen LogP contribution in [-0.4, -0.2) is 52.4 Å². The number of hydrogen-bond acceptors (Lipinski definition) is 13. The second-order valence-electron chi connectivity index (χ2n) is 19.0. The molecule has 13 heteroatoms. The lowest BCUT2D eigenvalue weighted by atomic mass is 10.0. The number of aryl methyl sites for hydroxylation is 1. The number of aliphatic hydroxyl groups is 2. The number of ether oxygens (including phenoxy) is 1. The number of carbonyl (C=O) groups is 4. The Bertz CT molecular complexity index is 4070. The standard InChI is InChI=1S/C14H9NO2.C14H9NOS.C14H12.C12H11NO.C11H8OS.C10H12O3/c2*16-9-10-5-7-11(8-6-10)14-15-12-3-1-2-4-13(12)17-14;1-2-12-8-10-14(11-9-12)13-6-4-3-5-7-13;1-2-10(8-13)7-11-3-5-12(9-14)6-4-11;12-8-9-3-5-10(6-4-9)11-2-1-7-13-11;1-7-3-8(5-11)4-9(6-12)10(7)13-2/h2*1-9H;2-11H,1H2;2-7,14H,1,9H2;1-8H;3-5,12H,6H2,1-2H3/b;;;10-7-;;. The van der Waals surface area contributed by atoms with E-state index in [2.05, 4.69) is 83.8 Å². The number of thiazole rings is 1. The highest BCUT2D eigenvalue weighted by Gasteiger charge is 2.10. The third-order valence-electron chi connectivity index (χ3n) is 13.0. The number of aliphatic hydroxyl groups excluding tert-OH is 2. The maximum absolute atomic E-state index is 10.6. The van der Waals surface area contributed by atoms with Crippen LogP contribution in [0.2, 0.25) is 0 Å². The molecule has 0 atom stereocenters. The highest BCUT2D eigenvalue weighted by molar-refractivity contribution is 7.21. The minimum Gasteiger partial charge on any atom is -0.496 e. The zero-order chi connectivity index (χ0) is 62.5. The van der Waals surface area contributed by atoms with Gasteiger partial charge in [-0.25, -0.2) is 9.97 Å². The van der Waals surface area contributed by atoms with Gasteiger partial charge in [0.2, 0.25) is 5.89 Å².